The van der Waals surface area contributed by atoms with Gasteiger partial charge in [-0.25, -0.2) is 17.9 Å². The van der Waals surface area contributed by atoms with Crippen LogP contribution in [0.5, 0.6) is 0 Å². The number of fused-ring (bicyclic) bond motifs is 2. The third kappa shape index (κ3) is 4.72. The number of benzene rings is 1. The van der Waals surface area contributed by atoms with Gasteiger partial charge in [0.05, 0.1) is 0 Å². The molecule has 0 saturated carbocycles. The molecule has 6 nitrogen and oxygen atoms in total. The molecule has 1 aliphatic heterocycles. The zero-order valence-corrected chi connectivity index (χ0v) is 18.9. The topological polar surface area (TPSA) is 78.5 Å². The highest BCUT2D eigenvalue weighted by Gasteiger charge is 2.26. The number of carbonyl (C=O) groups is 1. The minimum absolute atomic E-state index is 0.118. The van der Waals surface area contributed by atoms with Crippen LogP contribution >= 0.6 is 0 Å². The van der Waals surface area contributed by atoms with Crippen molar-refractivity contribution in [2.75, 3.05) is 18.4 Å². The number of nitrogens with zero attached hydrogens (tertiary/aromatic N) is 1. The monoisotopic (exact) mass is 431 g/mol. The molecule has 1 aromatic carbocycles. The van der Waals surface area contributed by atoms with Crippen molar-refractivity contribution in [1.29, 1.82) is 0 Å². The van der Waals surface area contributed by atoms with E-state index in [0.717, 1.165) is 75.6 Å². The summed E-state index contributed by atoms with van der Waals surface area (Å²) in [5.41, 5.74) is 5.84. The summed E-state index contributed by atoms with van der Waals surface area (Å²) in [4.78, 5) is 14.9. The van der Waals surface area contributed by atoms with Gasteiger partial charge in [-0.1, -0.05) is 26.0 Å². The van der Waals surface area contributed by atoms with Crippen LogP contribution in [0.25, 0.3) is 0 Å². The average Bonchev–Trinajstić information content (AvgIpc) is 3.39. The predicted octanol–water partition coefficient (Wildman–Crippen LogP) is 3.75. The lowest BCUT2D eigenvalue weighted by Crippen LogP contribution is -2.35. The summed E-state index contributed by atoms with van der Waals surface area (Å²) < 4.78 is 27.2. The molecule has 1 atom stereocenters. The quantitative estimate of drug-likeness (QED) is 0.719. The second-order valence-electron chi connectivity index (χ2n) is 9.26. The van der Waals surface area contributed by atoms with Crippen LogP contribution < -0.4 is 10.0 Å². The first-order valence-electron chi connectivity index (χ1n) is 11.2. The van der Waals surface area contributed by atoms with Crippen molar-refractivity contribution >= 4 is 21.7 Å². The van der Waals surface area contributed by atoms with Crippen LogP contribution in [0.4, 0.5) is 10.5 Å². The fourth-order valence-corrected chi connectivity index (χ4v) is 5.99. The highest BCUT2D eigenvalue weighted by molar-refractivity contribution is 7.92. The van der Waals surface area contributed by atoms with Crippen molar-refractivity contribution in [2.45, 2.75) is 71.3 Å². The maximum atomic E-state index is 12.6. The van der Waals surface area contributed by atoms with E-state index in [2.05, 4.69) is 34.9 Å². The number of hydrogen-bond acceptors (Lipinski definition) is 4. The lowest BCUT2D eigenvalue weighted by Gasteiger charge is -2.23. The van der Waals surface area contributed by atoms with Gasteiger partial charge in [-0.3, -0.25) is 4.90 Å². The van der Waals surface area contributed by atoms with E-state index in [1.165, 1.54) is 22.3 Å². The van der Waals surface area contributed by atoms with Gasteiger partial charge >= 0.3 is 6.03 Å². The van der Waals surface area contributed by atoms with Crippen LogP contribution in [0.15, 0.2) is 17.6 Å². The number of nitrogens with one attached hydrogen (secondary N) is 2. The number of amides is 2. The first kappa shape index (κ1) is 21.4. The Morgan fingerprint density at radius 3 is 2.43 bits per heavy atom. The summed E-state index contributed by atoms with van der Waals surface area (Å²) in [6.45, 7) is 6.27. The molecule has 2 amide bonds. The molecular weight excluding hydrogens is 398 g/mol. The number of carbonyl (C=O) groups excluding carboxylic acids is 1. The number of likely N-dealkylation sites (tertiary alicyclic amines) is 1. The molecule has 4 rings (SSSR count). The summed E-state index contributed by atoms with van der Waals surface area (Å²) in [6.07, 6.45) is 9.88. The first-order valence-corrected chi connectivity index (χ1v) is 12.8. The van der Waals surface area contributed by atoms with Crippen molar-refractivity contribution in [3.63, 3.8) is 0 Å². The van der Waals surface area contributed by atoms with Crippen molar-refractivity contribution in [1.82, 2.24) is 9.62 Å². The number of rotatable bonds is 6. The van der Waals surface area contributed by atoms with Crippen molar-refractivity contribution in [2.24, 2.45) is 5.92 Å². The molecule has 164 valence electrons. The van der Waals surface area contributed by atoms with Gasteiger partial charge < -0.3 is 5.32 Å². The third-order valence-electron chi connectivity index (χ3n) is 6.44. The lowest BCUT2D eigenvalue weighted by molar-refractivity contribution is 0.256. The Kier molecular flexibility index (Phi) is 6.21. The largest absolute Gasteiger partial charge is 0.333 e. The molecule has 30 heavy (non-hydrogen) atoms. The number of aryl methyl sites for hydroxylation is 2. The third-order valence-corrected chi connectivity index (χ3v) is 7.43. The molecule has 1 heterocycles. The van der Waals surface area contributed by atoms with E-state index in [0.29, 0.717) is 5.92 Å². The fraction of sp³-hybridized carbons (Fsp3) is 0.609. The van der Waals surface area contributed by atoms with Crippen LogP contribution in [-0.4, -0.2) is 38.5 Å². The number of hydrogen-bond donors (Lipinski definition) is 2. The van der Waals surface area contributed by atoms with Gasteiger partial charge in [-0.2, -0.15) is 0 Å². The standard InChI is InChI=1S/C23H33N3O3S/c1-16(2)15-26-12-5-8-19(26)11-13-30(28,29)25-23(27)24-22-20-9-3-6-17(20)14-18-7-4-10-21(18)22/h11,13-14,16,19H,3-10,12,15H2,1-2H3,(H2,24,25,27)/b13-11+. The summed E-state index contributed by atoms with van der Waals surface area (Å²) in [6, 6.07) is 1.74. The molecule has 7 heteroatoms. The number of sulfonamides is 1. The molecular formula is C23H33N3O3S. The lowest BCUT2D eigenvalue weighted by atomic mass is 9.99. The minimum Gasteiger partial charge on any atom is -0.307 e. The Morgan fingerprint density at radius 1 is 1.13 bits per heavy atom. The van der Waals surface area contributed by atoms with Gasteiger partial charge in [0, 0.05) is 23.7 Å². The zero-order valence-electron chi connectivity index (χ0n) is 18.0. The van der Waals surface area contributed by atoms with Gasteiger partial charge in [0.15, 0.2) is 0 Å². The maximum absolute atomic E-state index is 12.6. The molecule has 0 radical (unpaired) electrons. The van der Waals surface area contributed by atoms with E-state index < -0.39 is 16.1 Å². The van der Waals surface area contributed by atoms with Crippen LogP contribution in [-0.2, 0) is 35.7 Å². The van der Waals surface area contributed by atoms with Gasteiger partial charge in [0.1, 0.15) is 0 Å². The van der Waals surface area contributed by atoms with E-state index in [4.69, 9.17) is 0 Å². The van der Waals surface area contributed by atoms with E-state index >= 15 is 0 Å². The Hall–Kier alpha value is -1.86. The minimum atomic E-state index is -3.84. The molecule has 1 unspecified atom stereocenters. The van der Waals surface area contributed by atoms with Crippen LogP contribution in [0.3, 0.4) is 0 Å². The second-order valence-corrected chi connectivity index (χ2v) is 10.8. The number of urea groups is 1. The van der Waals surface area contributed by atoms with E-state index in [9.17, 15) is 13.2 Å². The van der Waals surface area contributed by atoms with Crippen LogP contribution in [0.1, 0.15) is 61.8 Å². The van der Waals surface area contributed by atoms with E-state index in [-0.39, 0.29) is 6.04 Å². The molecule has 2 aliphatic carbocycles. The summed E-state index contributed by atoms with van der Waals surface area (Å²) in [7, 11) is -3.84. The Morgan fingerprint density at radius 2 is 1.80 bits per heavy atom. The number of anilines is 1. The van der Waals surface area contributed by atoms with E-state index in [1.807, 2.05) is 0 Å². The van der Waals surface area contributed by atoms with Gasteiger partial charge in [-0.15, -0.1) is 0 Å². The molecule has 2 N–H and O–H groups in total. The Bertz CT molecular complexity index is 921. The second kappa shape index (κ2) is 8.71. The van der Waals surface area contributed by atoms with Crippen LogP contribution in [0.2, 0.25) is 0 Å². The molecule has 0 spiro atoms. The Balaban J connectivity index is 1.43. The summed E-state index contributed by atoms with van der Waals surface area (Å²) in [5, 5.41) is 4.05. The smallest absolute Gasteiger partial charge is 0.307 e. The predicted molar refractivity (Wildman–Crippen MR) is 120 cm³/mol. The van der Waals surface area contributed by atoms with Crippen molar-refractivity contribution < 1.29 is 13.2 Å². The van der Waals surface area contributed by atoms with Gasteiger partial charge in [0.2, 0.25) is 0 Å². The molecule has 3 aliphatic rings. The highest BCUT2D eigenvalue weighted by atomic mass is 32.2. The van der Waals surface area contributed by atoms with Gasteiger partial charge in [-0.05, 0) is 86.1 Å². The Labute approximate surface area is 180 Å². The average molecular weight is 432 g/mol. The highest BCUT2D eigenvalue weighted by Crippen LogP contribution is 2.38. The zero-order chi connectivity index (χ0) is 21.3. The molecule has 1 saturated heterocycles. The van der Waals surface area contributed by atoms with Crippen LogP contribution in [0, 0.1) is 5.92 Å². The van der Waals surface area contributed by atoms with Gasteiger partial charge in [0.25, 0.3) is 10.0 Å². The normalized spacial score (nSPS) is 21.4. The van der Waals surface area contributed by atoms with Crippen molar-refractivity contribution in [3.05, 3.63) is 39.8 Å². The summed E-state index contributed by atoms with van der Waals surface area (Å²) >= 11 is 0. The molecule has 1 fully saturated rings. The molecule has 1 aromatic rings. The van der Waals surface area contributed by atoms with Crippen molar-refractivity contribution in [3.8, 4) is 0 Å². The fourth-order valence-electron chi connectivity index (χ4n) is 5.23. The molecule has 0 bridgehead atoms. The van der Waals surface area contributed by atoms with E-state index in [1.54, 1.807) is 6.08 Å². The summed E-state index contributed by atoms with van der Waals surface area (Å²) in [5.74, 6) is 0.536. The molecule has 0 aromatic heterocycles. The SMILES string of the molecule is CC(C)CN1CCCC1/C=C/S(=O)(=O)NC(=O)Nc1c2c(cc3c1CCC3)CCC2. The maximum Gasteiger partial charge on any atom is 0.333 e. The first-order chi connectivity index (χ1) is 14.3.